The molecule has 1 aromatic rings. The van der Waals surface area contributed by atoms with E-state index in [4.69, 9.17) is 24.7 Å². The monoisotopic (exact) mass is 292 g/mol. The van der Waals surface area contributed by atoms with Gasteiger partial charge in [-0.1, -0.05) is 6.07 Å². The molecule has 0 fully saturated rings. The van der Waals surface area contributed by atoms with Crippen molar-refractivity contribution in [3.63, 3.8) is 0 Å². The highest BCUT2D eigenvalue weighted by Crippen LogP contribution is 2.20. The first kappa shape index (κ1) is 16.5. The second-order valence-electron chi connectivity index (χ2n) is 2.87. The molecule has 0 aliphatic rings. The number of carboxylic acids is 2. The molecule has 0 bridgehead atoms. The largest absolute Gasteiger partial charge is 0.483 e. The van der Waals surface area contributed by atoms with Crippen molar-refractivity contribution in [2.24, 2.45) is 0 Å². The molecule has 104 valence electrons. The molecule has 1 aromatic carbocycles. The van der Waals surface area contributed by atoms with E-state index in [-0.39, 0.29) is 6.47 Å². The summed E-state index contributed by atoms with van der Waals surface area (Å²) >= 11 is 0. The van der Waals surface area contributed by atoms with E-state index in [1.165, 1.54) is 0 Å². The van der Waals surface area contributed by atoms with Crippen molar-refractivity contribution in [1.29, 1.82) is 0 Å². The number of benzene rings is 1. The van der Waals surface area contributed by atoms with Crippen LogP contribution in [-0.4, -0.2) is 46.7 Å². The van der Waals surface area contributed by atoms with Crippen LogP contribution in [0.5, 0.6) is 0 Å². The Kier molecular flexibility index (Phi) is 5.63. The zero-order valence-electron chi connectivity index (χ0n) is 9.05. The Morgan fingerprint density at radius 1 is 1.05 bits per heavy atom. The van der Waals surface area contributed by atoms with Gasteiger partial charge in [0.2, 0.25) is 0 Å². The van der Waals surface area contributed by atoms with Crippen LogP contribution in [0.25, 0.3) is 0 Å². The van der Waals surface area contributed by atoms with Crippen molar-refractivity contribution in [3.05, 3.63) is 29.3 Å². The van der Waals surface area contributed by atoms with Gasteiger partial charge >= 0.3 is 11.9 Å². The topological polar surface area (TPSA) is 166 Å². The molecule has 19 heavy (non-hydrogen) atoms. The first-order valence-electron chi connectivity index (χ1n) is 4.31. The Labute approximate surface area is 106 Å². The lowest BCUT2D eigenvalue weighted by atomic mass is 10.1. The molecule has 0 heterocycles. The third-order valence-corrected chi connectivity index (χ3v) is 2.69. The first-order valence-corrected chi connectivity index (χ1v) is 5.75. The molecule has 0 amide bonds. The van der Waals surface area contributed by atoms with Crippen LogP contribution in [-0.2, 0) is 14.9 Å². The van der Waals surface area contributed by atoms with Gasteiger partial charge in [0.25, 0.3) is 16.6 Å². The smallest absolute Gasteiger partial charge is 0.337 e. The maximum absolute atomic E-state index is 10.9. The fourth-order valence-electron chi connectivity index (χ4n) is 1.15. The number of hydrogen-bond acceptors (Lipinski definition) is 5. The maximum atomic E-state index is 10.9. The van der Waals surface area contributed by atoms with E-state index in [2.05, 4.69) is 0 Å². The van der Waals surface area contributed by atoms with E-state index in [0.29, 0.717) is 0 Å². The average molecular weight is 292 g/mol. The van der Waals surface area contributed by atoms with Gasteiger partial charge < -0.3 is 15.3 Å². The molecular weight excluding hydrogens is 284 g/mol. The number of carbonyl (C=O) groups is 3. The van der Waals surface area contributed by atoms with Crippen LogP contribution in [0.15, 0.2) is 23.1 Å². The lowest BCUT2D eigenvalue weighted by Crippen LogP contribution is -2.14. The van der Waals surface area contributed by atoms with E-state index >= 15 is 0 Å². The van der Waals surface area contributed by atoms with Gasteiger partial charge in [-0.2, -0.15) is 8.42 Å². The summed E-state index contributed by atoms with van der Waals surface area (Å²) in [6, 6.07) is 2.84. The fraction of sp³-hybridized carbons (Fsp3) is 0. The summed E-state index contributed by atoms with van der Waals surface area (Å²) in [6.07, 6.45) is 0. The summed E-state index contributed by atoms with van der Waals surface area (Å²) in [5.41, 5.74) is -1.58. The van der Waals surface area contributed by atoms with Crippen LogP contribution in [0, 0.1) is 0 Å². The molecule has 1 rings (SSSR count). The van der Waals surface area contributed by atoms with E-state index in [1.54, 1.807) is 0 Å². The molecule has 0 radical (unpaired) electrons. The van der Waals surface area contributed by atoms with Gasteiger partial charge in [-0.15, -0.1) is 0 Å². The van der Waals surface area contributed by atoms with Gasteiger partial charge in [0.1, 0.15) is 4.90 Å². The normalized spacial score (nSPS) is 9.95. The summed E-state index contributed by atoms with van der Waals surface area (Å²) in [5, 5.41) is 24.2. The maximum Gasteiger partial charge on any atom is 0.337 e. The van der Waals surface area contributed by atoms with Crippen molar-refractivity contribution < 1.29 is 42.7 Å². The minimum Gasteiger partial charge on any atom is -0.483 e. The summed E-state index contributed by atoms with van der Waals surface area (Å²) in [7, 11) is -4.92. The van der Waals surface area contributed by atoms with Gasteiger partial charge in [-0.3, -0.25) is 9.35 Å². The second kappa shape index (κ2) is 6.47. The molecular formula is C9H8O9S. The standard InChI is InChI=1S/C8H6O7S.CH2O2/c9-7(10)4-2-1-3-5(8(11)12)6(4)16(13,14)15;2-1-3/h1-3H,(H,9,10)(H,11,12)(H,13,14,15);1H,(H,2,3). The zero-order valence-corrected chi connectivity index (χ0v) is 9.86. The molecule has 0 spiro atoms. The fourth-order valence-corrected chi connectivity index (χ4v) is 2.02. The van der Waals surface area contributed by atoms with Crippen LogP contribution in [0.1, 0.15) is 20.7 Å². The zero-order chi connectivity index (χ0) is 15.2. The highest BCUT2D eigenvalue weighted by atomic mass is 32.2. The third kappa shape index (κ3) is 4.37. The summed E-state index contributed by atoms with van der Waals surface area (Å²) in [5.74, 6) is -3.29. The van der Waals surface area contributed by atoms with Gasteiger partial charge in [0, 0.05) is 0 Å². The SMILES string of the molecule is O=C(O)c1cccc(C(=O)O)c1S(=O)(=O)O.O=CO. The molecule has 0 unspecified atom stereocenters. The molecule has 10 heteroatoms. The van der Waals surface area contributed by atoms with Crippen molar-refractivity contribution in [2.45, 2.75) is 4.90 Å². The third-order valence-electron chi connectivity index (χ3n) is 1.73. The van der Waals surface area contributed by atoms with Crippen LogP contribution in [0.4, 0.5) is 0 Å². The number of hydrogen-bond donors (Lipinski definition) is 4. The Bertz CT molecular complexity index is 570. The van der Waals surface area contributed by atoms with Gasteiger partial charge in [-0.05, 0) is 12.1 Å². The van der Waals surface area contributed by atoms with E-state index in [0.717, 1.165) is 18.2 Å². The van der Waals surface area contributed by atoms with Gasteiger partial charge in [0.15, 0.2) is 0 Å². The van der Waals surface area contributed by atoms with Crippen molar-refractivity contribution in [2.75, 3.05) is 0 Å². The molecule has 4 N–H and O–H groups in total. The number of carboxylic acid groups (broad SMARTS) is 3. The van der Waals surface area contributed by atoms with E-state index in [1.807, 2.05) is 0 Å². The predicted octanol–water partition coefficient (Wildman–Crippen LogP) is 0.0305. The highest BCUT2D eigenvalue weighted by molar-refractivity contribution is 7.86. The van der Waals surface area contributed by atoms with Crippen molar-refractivity contribution in [1.82, 2.24) is 0 Å². The molecule has 0 atom stereocenters. The van der Waals surface area contributed by atoms with Crippen LogP contribution in [0.2, 0.25) is 0 Å². The minimum atomic E-state index is -4.92. The first-order chi connectivity index (χ1) is 8.66. The molecule has 9 nitrogen and oxygen atoms in total. The Morgan fingerprint density at radius 3 is 1.58 bits per heavy atom. The van der Waals surface area contributed by atoms with Crippen LogP contribution < -0.4 is 0 Å². The van der Waals surface area contributed by atoms with Crippen LogP contribution >= 0.6 is 0 Å². The number of rotatable bonds is 3. The number of aromatic carboxylic acids is 2. The highest BCUT2D eigenvalue weighted by Gasteiger charge is 2.26. The van der Waals surface area contributed by atoms with E-state index < -0.39 is 38.1 Å². The summed E-state index contributed by atoms with van der Waals surface area (Å²) < 4.78 is 30.6. The summed E-state index contributed by atoms with van der Waals surface area (Å²) in [4.78, 5) is 28.6. The molecule has 0 saturated carbocycles. The lowest BCUT2D eigenvalue weighted by Gasteiger charge is -2.05. The molecule has 0 aliphatic carbocycles. The quantitative estimate of drug-likeness (QED) is 0.443. The van der Waals surface area contributed by atoms with Crippen LogP contribution in [0.3, 0.4) is 0 Å². The lowest BCUT2D eigenvalue weighted by molar-refractivity contribution is -0.122. The molecule has 0 saturated heterocycles. The average Bonchev–Trinajstić information content (AvgIpc) is 2.27. The van der Waals surface area contributed by atoms with Crippen molar-refractivity contribution >= 4 is 28.5 Å². The Morgan fingerprint density at radius 2 is 1.37 bits per heavy atom. The molecule has 0 aromatic heterocycles. The van der Waals surface area contributed by atoms with E-state index in [9.17, 15) is 18.0 Å². The van der Waals surface area contributed by atoms with Crippen molar-refractivity contribution in [3.8, 4) is 0 Å². The minimum absolute atomic E-state index is 0.250. The predicted molar refractivity (Wildman–Crippen MR) is 58.9 cm³/mol. The summed E-state index contributed by atoms with van der Waals surface area (Å²) in [6.45, 7) is -0.250. The molecule has 0 aliphatic heterocycles. The Balaban J connectivity index is 0.000000982. The Hall–Kier alpha value is -2.46. The van der Waals surface area contributed by atoms with Gasteiger partial charge in [0.05, 0.1) is 11.1 Å². The van der Waals surface area contributed by atoms with Gasteiger partial charge in [-0.25, -0.2) is 9.59 Å². The second-order valence-corrected chi connectivity index (χ2v) is 4.23.